The number of ether oxygens (including phenoxy) is 1. The van der Waals surface area contributed by atoms with Crippen molar-refractivity contribution < 1.29 is 9.53 Å². The molecule has 106 valence electrons. The average Bonchev–Trinajstić information content (AvgIpc) is 2.82. The highest BCUT2D eigenvalue weighted by Crippen LogP contribution is 2.29. The summed E-state index contributed by atoms with van der Waals surface area (Å²) in [6, 6.07) is 0. The van der Waals surface area contributed by atoms with Gasteiger partial charge in [-0.3, -0.25) is 0 Å². The second-order valence-electron chi connectivity index (χ2n) is 3.80. The summed E-state index contributed by atoms with van der Waals surface area (Å²) in [5.74, 6) is 1.44. The lowest BCUT2D eigenvalue weighted by atomic mass is 10.4. The second-order valence-corrected chi connectivity index (χ2v) is 7.46. The third kappa shape index (κ3) is 6.98. The monoisotopic (exact) mass is 318 g/mol. The predicted molar refractivity (Wildman–Crippen MR) is 82.0 cm³/mol. The van der Waals surface area contributed by atoms with Gasteiger partial charge in [0.2, 0.25) is 0 Å². The maximum absolute atomic E-state index is 11.1. The van der Waals surface area contributed by atoms with Crippen LogP contribution < -0.4 is 0 Å². The summed E-state index contributed by atoms with van der Waals surface area (Å²) in [6.45, 7) is 7.71. The normalized spacial score (nSPS) is 10.4. The first kappa shape index (κ1) is 16.5. The van der Waals surface area contributed by atoms with Gasteiger partial charge in [-0.05, 0) is 13.3 Å². The second kappa shape index (κ2) is 9.39. The number of carbonyl (C=O) groups excluding carboxylic acids is 1. The summed E-state index contributed by atoms with van der Waals surface area (Å²) in [5.41, 5.74) is 0.426. The lowest BCUT2D eigenvalue weighted by Gasteiger charge is -2.01. The van der Waals surface area contributed by atoms with E-state index in [-0.39, 0.29) is 5.97 Å². The zero-order valence-electron chi connectivity index (χ0n) is 11.2. The molecule has 0 unspecified atom stereocenters. The van der Waals surface area contributed by atoms with Crippen molar-refractivity contribution in [1.29, 1.82) is 0 Å². The van der Waals surface area contributed by atoms with Crippen LogP contribution in [0.15, 0.2) is 20.8 Å². The van der Waals surface area contributed by atoms with Gasteiger partial charge in [0, 0.05) is 17.1 Å². The Morgan fingerprint density at radius 1 is 1.32 bits per heavy atom. The molecular formula is C12H18N2O2S3. The van der Waals surface area contributed by atoms with Crippen molar-refractivity contribution in [3.8, 4) is 0 Å². The SMILES string of the molecule is C=C(C)C(=O)OCCSc1nnc(SCCCC)s1. The van der Waals surface area contributed by atoms with Crippen LogP contribution in [0.2, 0.25) is 0 Å². The first-order valence-corrected chi connectivity index (χ1v) is 8.84. The number of nitrogens with zero attached hydrogens (tertiary/aromatic N) is 2. The number of esters is 1. The zero-order valence-corrected chi connectivity index (χ0v) is 13.6. The Morgan fingerprint density at radius 2 is 1.95 bits per heavy atom. The van der Waals surface area contributed by atoms with Crippen LogP contribution in [0.1, 0.15) is 26.7 Å². The quantitative estimate of drug-likeness (QED) is 0.300. The van der Waals surface area contributed by atoms with Crippen LogP contribution in [0.3, 0.4) is 0 Å². The highest BCUT2D eigenvalue weighted by atomic mass is 32.2. The summed E-state index contributed by atoms with van der Waals surface area (Å²) in [5, 5.41) is 8.22. The maximum Gasteiger partial charge on any atom is 0.333 e. The lowest BCUT2D eigenvalue weighted by molar-refractivity contribution is -0.138. The molecule has 1 heterocycles. The van der Waals surface area contributed by atoms with Crippen molar-refractivity contribution in [2.24, 2.45) is 0 Å². The average molecular weight is 318 g/mol. The van der Waals surface area contributed by atoms with Gasteiger partial charge in [0.25, 0.3) is 0 Å². The van der Waals surface area contributed by atoms with Crippen molar-refractivity contribution in [2.75, 3.05) is 18.1 Å². The van der Waals surface area contributed by atoms with E-state index in [4.69, 9.17) is 4.74 Å². The molecule has 0 saturated heterocycles. The lowest BCUT2D eigenvalue weighted by Crippen LogP contribution is -2.07. The van der Waals surface area contributed by atoms with Crippen molar-refractivity contribution in [3.05, 3.63) is 12.2 Å². The van der Waals surface area contributed by atoms with E-state index >= 15 is 0 Å². The van der Waals surface area contributed by atoms with Crippen LogP contribution in [0, 0.1) is 0 Å². The molecule has 0 fully saturated rings. The fraction of sp³-hybridized carbons (Fsp3) is 0.583. The van der Waals surface area contributed by atoms with E-state index < -0.39 is 0 Å². The van der Waals surface area contributed by atoms with Gasteiger partial charge in [-0.2, -0.15) is 0 Å². The van der Waals surface area contributed by atoms with E-state index in [1.54, 1.807) is 41.8 Å². The van der Waals surface area contributed by atoms with Gasteiger partial charge < -0.3 is 4.74 Å². The Balaban J connectivity index is 2.19. The molecule has 0 aliphatic heterocycles. The number of aromatic nitrogens is 2. The molecule has 0 spiro atoms. The smallest absolute Gasteiger partial charge is 0.333 e. The van der Waals surface area contributed by atoms with Crippen molar-refractivity contribution in [1.82, 2.24) is 10.2 Å². The highest BCUT2D eigenvalue weighted by molar-refractivity contribution is 8.03. The van der Waals surface area contributed by atoms with Crippen LogP contribution >= 0.6 is 34.9 Å². The van der Waals surface area contributed by atoms with Crippen molar-refractivity contribution in [3.63, 3.8) is 0 Å². The molecule has 0 saturated carbocycles. The number of hydrogen-bond donors (Lipinski definition) is 0. The zero-order chi connectivity index (χ0) is 14.1. The minimum absolute atomic E-state index is 0.339. The molecule has 0 aliphatic rings. The van der Waals surface area contributed by atoms with Gasteiger partial charge in [-0.25, -0.2) is 4.79 Å². The number of unbranched alkanes of at least 4 members (excludes halogenated alkanes) is 1. The van der Waals surface area contributed by atoms with Gasteiger partial charge in [0.05, 0.1) is 0 Å². The van der Waals surface area contributed by atoms with E-state index in [1.165, 1.54) is 12.8 Å². The molecule has 1 rings (SSSR count). The molecule has 1 aromatic rings. The molecule has 0 bridgehead atoms. The van der Waals surface area contributed by atoms with Crippen LogP contribution in [0.25, 0.3) is 0 Å². The number of hydrogen-bond acceptors (Lipinski definition) is 7. The largest absolute Gasteiger partial charge is 0.461 e. The first-order valence-electron chi connectivity index (χ1n) is 6.05. The standard InChI is InChI=1S/C12H18N2O2S3/c1-4-5-7-17-11-13-14-12(19-11)18-8-6-16-10(15)9(2)3/h2,4-8H2,1,3H3. The molecule has 1 aromatic heterocycles. The Kier molecular flexibility index (Phi) is 8.16. The van der Waals surface area contributed by atoms with Gasteiger partial charge in [0.1, 0.15) is 6.61 Å². The molecular weight excluding hydrogens is 300 g/mol. The fourth-order valence-electron chi connectivity index (χ4n) is 1.00. The number of carbonyl (C=O) groups is 1. The number of rotatable bonds is 9. The Morgan fingerprint density at radius 3 is 2.53 bits per heavy atom. The third-order valence-corrected chi connectivity index (χ3v) is 5.24. The van der Waals surface area contributed by atoms with Crippen LogP contribution in [-0.4, -0.2) is 34.3 Å². The molecule has 0 radical (unpaired) electrons. The molecule has 0 N–H and O–H groups in total. The molecule has 19 heavy (non-hydrogen) atoms. The maximum atomic E-state index is 11.1. The molecule has 0 atom stereocenters. The van der Waals surface area contributed by atoms with Gasteiger partial charge in [0.15, 0.2) is 8.68 Å². The van der Waals surface area contributed by atoms with Crippen LogP contribution in [0.4, 0.5) is 0 Å². The minimum atomic E-state index is -0.339. The van der Waals surface area contributed by atoms with Gasteiger partial charge in [-0.1, -0.05) is 54.8 Å². The summed E-state index contributed by atoms with van der Waals surface area (Å²) in [6.07, 6.45) is 2.39. The predicted octanol–water partition coefficient (Wildman–Crippen LogP) is 3.64. The van der Waals surface area contributed by atoms with Gasteiger partial charge >= 0.3 is 5.97 Å². The van der Waals surface area contributed by atoms with Gasteiger partial charge in [-0.15, -0.1) is 10.2 Å². The molecule has 4 nitrogen and oxygen atoms in total. The Labute approximate surface area is 126 Å². The minimum Gasteiger partial charge on any atom is -0.461 e. The Bertz CT molecular complexity index is 421. The van der Waals surface area contributed by atoms with E-state index in [2.05, 4.69) is 23.7 Å². The molecule has 7 heteroatoms. The topological polar surface area (TPSA) is 52.1 Å². The van der Waals surface area contributed by atoms with E-state index in [0.29, 0.717) is 17.9 Å². The summed E-state index contributed by atoms with van der Waals surface area (Å²) < 4.78 is 6.93. The summed E-state index contributed by atoms with van der Waals surface area (Å²) in [7, 11) is 0. The molecule has 0 amide bonds. The fourth-order valence-corrected chi connectivity index (χ4v) is 4.07. The van der Waals surface area contributed by atoms with E-state index in [1.807, 2.05) is 0 Å². The first-order chi connectivity index (χ1) is 9.13. The highest BCUT2D eigenvalue weighted by Gasteiger charge is 2.06. The summed E-state index contributed by atoms with van der Waals surface area (Å²) >= 11 is 4.90. The van der Waals surface area contributed by atoms with Crippen molar-refractivity contribution in [2.45, 2.75) is 35.4 Å². The molecule has 0 aromatic carbocycles. The van der Waals surface area contributed by atoms with E-state index in [0.717, 1.165) is 14.4 Å². The third-order valence-electron chi connectivity index (χ3n) is 2.00. The van der Waals surface area contributed by atoms with Crippen LogP contribution in [-0.2, 0) is 9.53 Å². The Hall–Kier alpha value is -0.530. The molecule has 0 aliphatic carbocycles. The van der Waals surface area contributed by atoms with E-state index in [9.17, 15) is 4.79 Å². The summed E-state index contributed by atoms with van der Waals surface area (Å²) in [4.78, 5) is 11.1. The number of thioether (sulfide) groups is 2. The van der Waals surface area contributed by atoms with Crippen LogP contribution in [0.5, 0.6) is 0 Å². The van der Waals surface area contributed by atoms with Crippen molar-refractivity contribution >= 4 is 40.8 Å².